The lowest BCUT2D eigenvalue weighted by atomic mass is 9.98. The third-order valence-corrected chi connectivity index (χ3v) is 5.62. The summed E-state index contributed by atoms with van der Waals surface area (Å²) < 4.78 is 47.6. The number of rotatable bonds is 4. The summed E-state index contributed by atoms with van der Waals surface area (Å²) in [5, 5.41) is 4.13. The summed E-state index contributed by atoms with van der Waals surface area (Å²) in [7, 11) is 1.58. The molecule has 0 N–H and O–H groups in total. The fourth-order valence-electron chi connectivity index (χ4n) is 3.84. The highest BCUT2D eigenvalue weighted by atomic mass is 35.5. The van der Waals surface area contributed by atoms with Crippen molar-refractivity contribution in [1.82, 2.24) is 14.7 Å². The Morgan fingerprint density at radius 1 is 1.19 bits per heavy atom. The number of carbonyl (C=O) groups excluding carboxylic acids is 1. The van der Waals surface area contributed by atoms with E-state index in [1.807, 2.05) is 24.3 Å². The molecule has 1 fully saturated rings. The van der Waals surface area contributed by atoms with Gasteiger partial charge in [-0.05, 0) is 42.3 Å². The molecule has 1 atom stereocenters. The number of methoxy groups -OCH3 is 1. The van der Waals surface area contributed by atoms with Gasteiger partial charge in [0.05, 0.1) is 24.6 Å². The Labute approximate surface area is 182 Å². The molecule has 0 saturated carbocycles. The van der Waals surface area contributed by atoms with E-state index in [4.69, 9.17) is 16.3 Å². The van der Waals surface area contributed by atoms with Crippen LogP contribution in [0.2, 0.25) is 5.02 Å². The number of amides is 1. The maximum Gasteiger partial charge on any atom is 0.434 e. The molecule has 1 saturated heterocycles. The van der Waals surface area contributed by atoms with Crippen molar-refractivity contribution in [2.24, 2.45) is 0 Å². The van der Waals surface area contributed by atoms with Crippen molar-refractivity contribution in [2.75, 3.05) is 20.2 Å². The van der Waals surface area contributed by atoms with E-state index in [0.717, 1.165) is 22.2 Å². The molecule has 4 rings (SSSR count). The highest BCUT2D eigenvalue weighted by molar-refractivity contribution is 6.30. The van der Waals surface area contributed by atoms with Crippen LogP contribution in [0.1, 0.15) is 34.0 Å². The smallest absolute Gasteiger partial charge is 0.434 e. The van der Waals surface area contributed by atoms with Gasteiger partial charge < -0.3 is 9.64 Å². The topological polar surface area (TPSA) is 47.4 Å². The molecule has 2 aromatic carbocycles. The second-order valence-corrected chi connectivity index (χ2v) is 7.74. The minimum atomic E-state index is -4.76. The van der Waals surface area contributed by atoms with E-state index in [-0.39, 0.29) is 16.6 Å². The molecule has 1 aliphatic rings. The zero-order valence-electron chi connectivity index (χ0n) is 16.6. The first kappa shape index (κ1) is 21.2. The number of ether oxygens (including phenoxy) is 1. The van der Waals surface area contributed by atoms with Gasteiger partial charge >= 0.3 is 6.18 Å². The average Bonchev–Trinajstić information content (AvgIpc) is 3.41. The van der Waals surface area contributed by atoms with Crippen LogP contribution in [0, 0.1) is 0 Å². The molecule has 2 heterocycles. The Morgan fingerprint density at radius 2 is 1.94 bits per heavy atom. The summed E-state index contributed by atoms with van der Waals surface area (Å²) in [6, 6.07) is 13.4. The number of nitrogens with zero attached hydrogens (tertiary/aromatic N) is 3. The van der Waals surface area contributed by atoms with Crippen LogP contribution >= 0.6 is 11.6 Å². The number of benzene rings is 2. The van der Waals surface area contributed by atoms with Crippen LogP contribution in [0.3, 0.4) is 0 Å². The van der Waals surface area contributed by atoms with Gasteiger partial charge in [-0.15, -0.1) is 0 Å². The fraction of sp³-hybridized carbons (Fsp3) is 0.273. The van der Waals surface area contributed by atoms with Crippen LogP contribution < -0.4 is 4.74 Å². The van der Waals surface area contributed by atoms with Gasteiger partial charge in [0.15, 0.2) is 5.69 Å². The molecule has 1 unspecified atom stereocenters. The standard InChI is InChI=1S/C22H19ClF3N3O2/c1-31-18-7-5-14(6-8-18)15-9-10-28(13-15)21(30)19-12-27-29(20(19)22(24,25)26)17-4-2-3-16(23)11-17/h2-8,11-12,15H,9-10,13H2,1H3. The maximum absolute atomic E-state index is 13.9. The summed E-state index contributed by atoms with van der Waals surface area (Å²) in [6.07, 6.45) is -3.12. The predicted molar refractivity (Wildman–Crippen MR) is 110 cm³/mol. The lowest BCUT2D eigenvalue weighted by molar-refractivity contribution is -0.143. The highest BCUT2D eigenvalue weighted by Gasteiger charge is 2.42. The van der Waals surface area contributed by atoms with Gasteiger partial charge in [0.1, 0.15) is 5.75 Å². The van der Waals surface area contributed by atoms with Crippen molar-refractivity contribution in [3.63, 3.8) is 0 Å². The van der Waals surface area contributed by atoms with Crippen LogP contribution in [0.5, 0.6) is 5.75 Å². The minimum Gasteiger partial charge on any atom is -0.497 e. The van der Waals surface area contributed by atoms with Crippen molar-refractivity contribution >= 4 is 17.5 Å². The Kier molecular flexibility index (Phi) is 5.66. The number of carbonyl (C=O) groups is 1. The molecule has 162 valence electrons. The maximum atomic E-state index is 13.9. The molecule has 1 aliphatic heterocycles. The molecule has 31 heavy (non-hydrogen) atoms. The first-order valence-corrected chi connectivity index (χ1v) is 10.00. The molecule has 0 spiro atoms. The van der Waals surface area contributed by atoms with E-state index >= 15 is 0 Å². The van der Waals surface area contributed by atoms with Crippen molar-refractivity contribution in [1.29, 1.82) is 0 Å². The zero-order chi connectivity index (χ0) is 22.2. The van der Waals surface area contributed by atoms with Crippen LogP contribution in [-0.2, 0) is 6.18 Å². The molecule has 5 nitrogen and oxygen atoms in total. The largest absolute Gasteiger partial charge is 0.497 e. The van der Waals surface area contributed by atoms with Gasteiger partial charge in [0.25, 0.3) is 5.91 Å². The summed E-state index contributed by atoms with van der Waals surface area (Å²) in [5.74, 6) is 0.0849. The van der Waals surface area contributed by atoms with Crippen LogP contribution in [0.25, 0.3) is 5.69 Å². The number of likely N-dealkylation sites (tertiary alicyclic amines) is 1. The first-order chi connectivity index (χ1) is 14.8. The molecule has 3 aromatic rings. The van der Waals surface area contributed by atoms with E-state index in [0.29, 0.717) is 19.5 Å². The van der Waals surface area contributed by atoms with E-state index in [2.05, 4.69) is 5.10 Å². The number of alkyl halides is 3. The highest BCUT2D eigenvalue weighted by Crippen LogP contribution is 2.36. The lowest BCUT2D eigenvalue weighted by Crippen LogP contribution is -2.30. The Bertz CT molecular complexity index is 1100. The quantitative estimate of drug-likeness (QED) is 0.551. The predicted octanol–water partition coefficient (Wildman–Crippen LogP) is 5.18. The van der Waals surface area contributed by atoms with Gasteiger partial charge in [-0.1, -0.05) is 29.8 Å². The van der Waals surface area contributed by atoms with Crippen molar-refractivity contribution in [3.05, 3.63) is 76.6 Å². The van der Waals surface area contributed by atoms with Crippen LogP contribution in [0.15, 0.2) is 54.7 Å². The number of aromatic nitrogens is 2. The van der Waals surface area contributed by atoms with E-state index < -0.39 is 23.3 Å². The zero-order valence-corrected chi connectivity index (χ0v) is 17.3. The van der Waals surface area contributed by atoms with Crippen molar-refractivity contribution in [3.8, 4) is 11.4 Å². The second-order valence-electron chi connectivity index (χ2n) is 7.31. The van der Waals surface area contributed by atoms with Gasteiger partial charge in [-0.25, -0.2) is 4.68 Å². The van der Waals surface area contributed by atoms with E-state index in [9.17, 15) is 18.0 Å². The molecule has 0 radical (unpaired) electrons. The fourth-order valence-corrected chi connectivity index (χ4v) is 4.03. The van der Waals surface area contributed by atoms with E-state index in [1.165, 1.54) is 23.1 Å². The Balaban J connectivity index is 1.61. The molecule has 1 aromatic heterocycles. The first-order valence-electron chi connectivity index (χ1n) is 9.62. The Morgan fingerprint density at radius 3 is 2.58 bits per heavy atom. The molecular weight excluding hydrogens is 431 g/mol. The third kappa shape index (κ3) is 4.25. The normalized spacial score (nSPS) is 16.5. The number of hydrogen-bond acceptors (Lipinski definition) is 3. The Hall–Kier alpha value is -3.00. The van der Waals surface area contributed by atoms with Crippen molar-refractivity contribution < 1.29 is 22.7 Å². The van der Waals surface area contributed by atoms with Gasteiger partial charge in [-0.2, -0.15) is 18.3 Å². The van der Waals surface area contributed by atoms with Crippen LogP contribution in [-0.4, -0.2) is 40.8 Å². The average molecular weight is 450 g/mol. The SMILES string of the molecule is COc1ccc(C2CCN(C(=O)c3cnn(-c4cccc(Cl)c4)c3C(F)(F)F)C2)cc1. The minimum absolute atomic E-state index is 0.0483. The summed E-state index contributed by atoms with van der Waals surface area (Å²) in [4.78, 5) is 14.5. The number of halogens is 4. The molecule has 1 amide bonds. The molecular formula is C22H19ClF3N3O2. The molecule has 0 aliphatic carbocycles. The third-order valence-electron chi connectivity index (χ3n) is 5.38. The van der Waals surface area contributed by atoms with Gasteiger partial charge in [0, 0.05) is 24.0 Å². The monoisotopic (exact) mass is 449 g/mol. The molecule has 9 heteroatoms. The van der Waals surface area contributed by atoms with E-state index in [1.54, 1.807) is 13.2 Å². The van der Waals surface area contributed by atoms with Crippen molar-refractivity contribution in [2.45, 2.75) is 18.5 Å². The summed E-state index contributed by atoms with van der Waals surface area (Å²) in [5.41, 5.74) is -0.423. The summed E-state index contributed by atoms with van der Waals surface area (Å²) in [6.45, 7) is 0.708. The van der Waals surface area contributed by atoms with Gasteiger partial charge in [-0.3, -0.25) is 4.79 Å². The summed E-state index contributed by atoms with van der Waals surface area (Å²) >= 11 is 5.92. The van der Waals surface area contributed by atoms with Gasteiger partial charge in [0.2, 0.25) is 0 Å². The lowest BCUT2D eigenvalue weighted by Gasteiger charge is -2.18. The van der Waals surface area contributed by atoms with Crippen LogP contribution in [0.4, 0.5) is 13.2 Å². The number of hydrogen-bond donors (Lipinski definition) is 0. The molecule has 0 bridgehead atoms. The second kappa shape index (κ2) is 8.26.